The Morgan fingerprint density at radius 3 is 1.72 bits per heavy atom. The molecule has 9 nitrogen and oxygen atoms in total. The quantitative estimate of drug-likeness (QED) is 0.170. The van der Waals surface area contributed by atoms with Gasteiger partial charge in [0.05, 0.1) is 27.8 Å². The zero-order valence-electron chi connectivity index (χ0n) is 33.3. The second kappa shape index (κ2) is 15.8. The van der Waals surface area contributed by atoms with Crippen LogP contribution in [0.5, 0.6) is 0 Å². The van der Waals surface area contributed by atoms with Gasteiger partial charge in [-0.2, -0.15) is 0 Å². The number of fused-ring (bicyclic) bond motifs is 2. The molecule has 2 aromatic carbocycles. The van der Waals surface area contributed by atoms with Crippen molar-refractivity contribution in [3.63, 3.8) is 0 Å². The highest BCUT2D eigenvalue weighted by Crippen LogP contribution is 2.35. The van der Waals surface area contributed by atoms with E-state index in [4.69, 9.17) is 9.97 Å². The maximum absolute atomic E-state index is 13.0. The molecule has 5 aromatic rings. The summed E-state index contributed by atoms with van der Waals surface area (Å²) in [6, 6.07) is 15.5. The Kier molecular flexibility index (Phi) is 11.6. The van der Waals surface area contributed by atoms with Gasteiger partial charge in [-0.05, 0) is 86.1 Å². The summed E-state index contributed by atoms with van der Waals surface area (Å²) in [6.45, 7) is 15.5. The summed E-state index contributed by atoms with van der Waals surface area (Å²) in [4.78, 5) is 14.1. The van der Waals surface area contributed by atoms with Gasteiger partial charge in [0.25, 0.3) is 10.0 Å². The van der Waals surface area contributed by atoms with Gasteiger partial charge in [0.2, 0.25) is 0 Å². The van der Waals surface area contributed by atoms with Gasteiger partial charge in [-0.15, -0.1) is 0 Å². The number of pyridine rings is 1. The van der Waals surface area contributed by atoms with E-state index in [-0.39, 0.29) is 15.7 Å². The van der Waals surface area contributed by atoms with E-state index in [1.807, 2.05) is 25.2 Å². The molecule has 2 aliphatic carbocycles. The van der Waals surface area contributed by atoms with Crippen molar-refractivity contribution >= 4 is 43.5 Å². The van der Waals surface area contributed by atoms with Crippen LogP contribution in [0.3, 0.4) is 0 Å². The predicted molar refractivity (Wildman–Crippen MR) is 219 cm³/mol. The van der Waals surface area contributed by atoms with Crippen LogP contribution in [0, 0.1) is 11.8 Å². The second-order valence-corrected chi connectivity index (χ2v) is 19.4. The monoisotopic (exact) mass is 739 g/mol. The minimum atomic E-state index is -3.68. The summed E-state index contributed by atoms with van der Waals surface area (Å²) in [6.07, 6.45) is 16.4. The number of hydrogen-bond donors (Lipinski definition) is 1. The van der Waals surface area contributed by atoms with Gasteiger partial charge in [0, 0.05) is 56.1 Å². The average molecular weight is 740 g/mol. The molecule has 286 valence electrons. The molecule has 53 heavy (non-hydrogen) atoms. The third-order valence-corrected chi connectivity index (χ3v) is 12.9. The first-order valence-electron chi connectivity index (χ1n) is 19.7. The highest BCUT2D eigenvalue weighted by atomic mass is 32.2. The summed E-state index contributed by atoms with van der Waals surface area (Å²) in [7, 11) is -0.139. The van der Waals surface area contributed by atoms with Gasteiger partial charge < -0.3 is 14.5 Å². The molecule has 7 rings (SSSR count). The largest absolute Gasteiger partial charge is 0.388 e. The van der Waals surface area contributed by atoms with Crippen LogP contribution in [-0.2, 0) is 33.9 Å². The third-order valence-electron chi connectivity index (χ3n) is 11.1. The van der Waals surface area contributed by atoms with Gasteiger partial charge >= 0.3 is 0 Å². The molecule has 2 aliphatic rings. The first-order chi connectivity index (χ1) is 25.2. The second-order valence-electron chi connectivity index (χ2n) is 17.4. The molecule has 0 spiro atoms. The molecule has 10 heteroatoms. The van der Waals surface area contributed by atoms with Gasteiger partial charge in [0.1, 0.15) is 16.5 Å². The number of nitrogens with zero attached hydrogens (tertiary/aromatic N) is 6. The zero-order valence-corrected chi connectivity index (χ0v) is 34.1. The number of hydrogen-bond acceptors (Lipinski definition) is 6. The predicted octanol–water partition coefficient (Wildman–Crippen LogP) is 10.1. The van der Waals surface area contributed by atoms with E-state index in [9.17, 15) is 8.42 Å². The van der Waals surface area contributed by atoms with Crippen LogP contribution in [0.15, 0.2) is 65.8 Å². The van der Waals surface area contributed by atoms with E-state index in [1.54, 1.807) is 25.4 Å². The van der Waals surface area contributed by atoms with Gasteiger partial charge in [-0.1, -0.05) is 80.1 Å². The Bertz CT molecular complexity index is 2090. The van der Waals surface area contributed by atoms with Crippen LogP contribution in [0.1, 0.15) is 117 Å². The van der Waals surface area contributed by atoms with Crippen LogP contribution in [0.25, 0.3) is 22.1 Å². The van der Waals surface area contributed by atoms with Crippen LogP contribution in [0.2, 0.25) is 0 Å². The maximum atomic E-state index is 13.0. The molecule has 0 aliphatic heterocycles. The van der Waals surface area contributed by atoms with Crippen LogP contribution in [-0.4, -0.2) is 46.6 Å². The Morgan fingerprint density at radius 1 is 0.736 bits per heavy atom. The molecule has 0 bridgehead atoms. The highest BCUT2D eigenvalue weighted by molar-refractivity contribution is 7.92. The molecule has 0 saturated heterocycles. The molecule has 0 atom stereocenters. The molecule has 2 saturated carbocycles. The molecule has 2 fully saturated rings. The lowest BCUT2D eigenvalue weighted by molar-refractivity contribution is 0.313. The zero-order chi connectivity index (χ0) is 38.0. The standard InChI is InChI=1S/C24H32N4O2S.C19H29N3/c1-24(2,3)23-26-21-15-19(27(4)31(29,30)20-11-8-14-25-16-20)12-13-22(21)28(23)17-18-9-6-5-7-10-18;1-19(2,3)18-21-16-12-15(20-4)10-11-17(16)22(18)13-14-8-6-5-7-9-14/h8,11-16,18H,5-7,9-10,17H2,1-4H3;10-12,14,20H,5-9,13H2,1-4H3. The van der Waals surface area contributed by atoms with Crippen molar-refractivity contribution in [1.82, 2.24) is 24.1 Å². The van der Waals surface area contributed by atoms with E-state index >= 15 is 0 Å². The maximum Gasteiger partial charge on any atom is 0.265 e. The van der Waals surface area contributed by atoms with Crippen molar-refractivity contribution in [2.75, 3.05) is 23.7 Å². The van der Waals surface area contributed by atoms with E-state index in [1.165, 1.54) is 86.1 Å². The fraction of sp³-hybridized carbons (Fsp3) is 0.558. The summed E-state index contributed by atoms with van der Waals surface area (Å²) >= 11 is 0. The third kappa shape index (κ3) is 8.74. The number of sulfonamides is 1. The Balaban J connectivity index is 0.000000192. The lowest BCUT2D eigenvalue weighted by Crippen LogP contribution is -2.26. The first-order valence-corrected chi connectivity index (χ1v) is 21.2. The van der Waals surface area contributed by atoms with Crippen LogP contribution in [0.4, 0.5) is 11.4 Å². The number of anilines is 2. The van der Waals surface area contributed by atoms with Crippen molar-refractivity contribution in [3.8, 4) is 0 Å². The summed E-state index contributed by atoms with van der Waals surface area (Å²) in [5.41, 5.74) is 6.03. The van der Waals surface area contributed by atoms with Crippen molar-refractivity contribution in [2.45, 2.75) is 135 Å². The lowest BCUT2D eigenvalue weighted by atomic mass is 9.88. The molecular formula is C43H61N7O2S. The molecule has 0 radical (unpaired) electrons. The van der Waals surface area contributed by atoms with E-state index in [0.717, 1.165) is 47.1 Å². The highest BCUT2D eigenvalue weighted by Gasteiger charge is 2.28. The number of nitrogens with one attached hydrogen (secondary N) is 1. The SMILES string of the molecule is CN(c1ccc2c(c1)nc(C(C)(C)C)n2CC1CCCCC1)S(=O)(=O)c1cccnc1.CNc1ccc2c(c1)nc(C(C)(C)C)n2CC1CCCCC1. The van der Waals surface area contributed by atoms with Gasteiger partial charge in [-0.25, -0.2) is 18.4 Å². The molecule has 1 N–H and O–H groups in total. The van der Waals surface area contributed by atoms with Gasteiger partial charge in [-0.3, -0.25) is 9.29 Å². The van der Waals surface area contributed by atoms with E-state index < -0.39 is 10.0 Å². The summed E-state index contributed by atoms with van der Waals surface area (Å²) in [5.74, 6) is 3.78. The number of rotatable bonds is 8. The molecular weight excluding hydrogens is 679 g/mol. The fourth-order valence-corrected chi connectivity index (χ4v) is 9.32. The number of benzene rings is 2. The van der Waals surface area contributed by atoms with E-state index in [0.29, 0.717) is 11.6 Å². The molecule has 0 amide bonds. The summed E-state index contributed by atoms with van der Waals surface area (Å²) < 4.78 is 32.2. The summed E-state index contributed by atoms with van der Waals surface area (Å²) in [5, 5.41) is 3.22. The number of aromatic nitrogens is 5. The van der Waals surface area contributed by atoms with Gasteiger partial charge in [0.15, 0.2) is 0 Å². The number of imidazole rings is 2. The first kappa shape index (κ1) is 38.8. The van der Waals surface area contributed by atoms with Crippen LogP contribution >= 0.6 is 0 Å². The lowest BCUT2D eigenvalue weighted by Gasteiger charge is -2.26. The minimum absolute atomic E-state index is 0.0769. The average Bonchev–Trinajstić information content (AvgIpc) is 3.70. The molecule has 3 aromatic heterocycles. The Hall–Kier alpha value is -3.92. The Morgan fingerprint density at radius 2 is 1.25 bits per heavy atom. The van der Waals surface area contributed by atoms with Crippen molar-refractivity contribution in [2.24, 2.45) is 11.8 Å². The topological polar surface area (TPSA) is 97.9 Å². The normalized spacial score (nSPS) is 16.5. The van der Waals surface area contributed by atoms with Crippen molar-refractivity contribution in [3.05, 3.63) is 72.6 Å². The fourth-order valence-electron chi connectivity index (χ4n) is 8.17. The Labute approximate surface area is 317 Å². The van der Waals surface area contributed by atoms with E-state index in [2.05, 4.69) is 79.2 Å². The minimum Gasteiger partial charge on any atom is -0.388 e. The van der Waals surface area contributed by atoms with Crippen molar-refractivity contribution < 1.29 is 8.42 Å². The van der Waals surface area contributed by atoms with Crippen molar-refractivity contribution in [1.29, 1.82) is 0 Å². The smallest absolute Gasteiger partial charge is 0.265 e. The molecule has 0 unspecified atom stereocenters. The van der Waals surface area contributed by atoms with Crippen LogP contribution < -0.4 is 9.62 Å². The molecule has 3 heterocycles.